The van der Waals surface area contributed by atoms with Crippen LogP contribution in [-0.2, 0) is 22.8 Å². The van der Waals surface area contributed by atoms with E-state index in [1.807, 2.05) is 18.4 Å². The van der Waals surface area contributed by atoms with Gasteiger partial charge in [-0.05, 0) is 39.0 Å². The van der Waals surface area contributed by atoms with Crippen LogP contribution in [0, 0.1) is 0 Å². The highest BCUT2D eigenvalue weighted by atomic mass is 32.2. The largest absolute Gasteiger partial charge is 0.347 e. The molecule has 1 aromatic rings. The molecule has 8 nitrogen and oxygen atoms in total. The van der Waals surface area contributed by atoms with Gasteiger partial charge < -0.3 is 15.2 Å². The number of imidazole rings is 1. The molecule has 2 N–H and O–H groups in total. The highest BCUT2D eigenvalue weighted by Gasteiger charge is 2.32. The summed E-state index contributed by atoms with van der Waals surface area (Å²) in [5, 5.41) is 5.68. The zero-order valence-corrected chi connectivity index (χ0v) is 16.1. The molecule has 0 saturated carbocycles. The fourth-order valence-electron chi connectivity index (χ4n) is 3.45. The number of amides is 2. The third-order valence-corrected chi connectivity index (χ3v) is 6.86. The summed E-state index contributed by atoms with van der Waals surface area (Å²) in [6.45, 7) is 4.57. The van der Waals surface area contributed by atoms with Crippen molar-refractivity contribution in [2.24, 2.45) is 0 Å². The van der Waals surface area contributed by atoms with E-state index < -0.39 is 9.84 Å². The Balaban J connectivity index is 1.83. The molecule has 26 heavy (non-hydrogen) atoms. The van der Waals surface area contributed by atoms with Crippen LogP contribution in [0.15, 0.2) is 0 Å². The van der Waals surface area contributed by atoms with E-state index in [2.05, 4.69) is 15.6 Å². The van der Waals surface area contributed by atoms with Crippen LogP contribution in [0.1, 0.15) is 66.3 Å². The first-order chi connectivity index (χ1) is 12.3. The minimum atomic E-state index is -3.07. The highest BCUT2D eigenvalue weighted by Crippen LogP contribution is 2.22. The Morgan fingerprint density at radius 2 is 2.08 bits per heavy atom. The lowest BCUT2D eigenvalue weighted by atomic mass is 10.1. The number of hydrogen-bond acceptors (Lipinski definition) is 5. The molecule has 2 unspecified atom stereocenters. The molecule has 2 amide bonds. The van der Waals surface area contributed by atoms with E-state index in [9.17, 15) is 18.0 Å². The molecule has 3 heterocycles. The van der Waals surface area contributed by atoms with E-state index in [1.165, 1.54) is 0 Å². The van der Waals surface area contributed by atoms with Crippen LogP contribution in [0.2, 0.25) is 0 Å². The van der Waals surface area contributed by atoms with Crippen molar-refractivity contribution in [2.75, 3.05) is 11.5 Å². The molecule has 0 spiro atoms. The van der Waals surface area contributed by atoms with Crippen molar-refractivity contribution >= 4 is 21.7 Å². The van der Waals surface area contributed by atoms with Crippen LogP contribution in [-0.4, -0.2) is 53.4 Å². The van der Waals surface area contributed by atoms with Crippen molar-refractivity contribution in [2.45, 2.75) is 64.6 Å². The average Bonchev–Trinajstić information content (AvgIpc) is 3.14. The van der Waals surface area contributed by atoms with Crippen molar-refractivity contribution in [3.8, 4) is 0 Å². The topological polar surface area (TPSA) is 110 Å². The smallest absolute Gasteiger partial charge is 0.287 e. The van der Waals surface area contributed by atoms with Crippen LogP contribution in [0.3, 0.4) is 0 Å². The van der Waals surface area contributed by atoms with Crippen molar-refractivity contribution in [1.82, 2.24) is 20.2 Å². The molecule has 1 saturated heterocycles. The second-order valence-corrected chi connectivity index (χ2v) is 9.42. The van der Waals surface area contributed by atoms with Gasteiger partial charge in [-0.15, -0.1) is 0 Å². The zero-order valence-electron chi connectivity index (χ0n) is 15.2. The summed E-state index contributed by atoms with van der Waals surface area (Å²) in [5.41, 5.74) is 1.02. The van der Waals surface area contributed by atoms with E-state index in [-0.39, 0.29) is 46.9 Å². The lowest BCUT2D eigenvalue weighted by Crippen LogP contribution is -2.36. The van der Waals surface area contributed by atoms with Crippen molar-refractivity contribution in [1.29, 1.82) is 0 Å². The SMILES string of the molecule is CCC(C)NC(=O)c1nc(C(=O)NC2CCS(=O)(=O)C2)c2n1CCCC2. The van der Waals surface area contributed by atoms with Crippen LogP contribution in [0.25, 0.3) is 0 Å². The highest BCUT2D eigenvalue weighted by molar-refractivity contribution is 7.91. The van der Waals surface area contributed by atoms with E-state index in [0.717, 1.165) is 25.0 Å². The average molecular weight is 382 g/mol. The fourth-order valence-corrected chi connectivity index (χ4v) is 5.12. The molecule has 3 rings (SSSR count). The van der Waals surface area contributed by atoms with Gasteiger partial charge >= 0.3 is 0 Å². The van der Waals surface area contributed by atoms with Gasteiger partial charge in [0.2, 0.25) is 0 Å². The van der Waals surface area contributed by atoms with Crippen molar-refractivity contribution in [3.05, 3.63) is 17.2 Å². The van der Waals surface area contributed by atoms with Gasteiger partial charge in [-0.25, -0.2) is 13.4 Å². The molecule has 0 aromatic carbocycles. The van der Waals surface area contributed by atoms with Gasteiger partial charge in [0.05, 0.1) is 17.2 Å². The quantitative estimate of drug-likeness (QED) is 0.777. The summed E-state index contributed by atoms with van der Waals surface area (Å²) < 4.78 is 25.0. The molecule has 2 aliphatic rings. The van der Waals surface area contributed by atoms with E-state index >= 15 is 0 Å². The number of sulfone groups is 1. The summed E-state index contributed by atoms with van der Waals surface area (Å²) >= 11 is 0. The summed E-state index contributed by atoms with van der Waals surface area (Å²) in [6.07, 6.45) is 3.80. The Bertz CT molecular complexity index is 815. The number of carbonyl (C=O) groups is 2. The third-order valence-electron chi connectivity index (χ3n) is 5.09. The van der Waals surface area contributed by atoms with Gasteiger partial charge in [-0.2, -0.15) is 0 Å². The molecule has 9 heteroatoms. The first-order valence-electron chi connectivity index (χ1n) is 9.22. The Morgan fingerprint density at radius 1 is 1.31 bits per heavy atom. The number of hydrogen-bond donors (Lipinski definition) is 2. The maximum absolute atomic E-state index is 12.7. The Labute approximate surface area is 153 Å². The lowest BCUT2D eigenvalue weighted by molar-refractivity contribution is 0.0923. The first-order valence-corrected chi connectivity index (χ1v) is 11.0. The van der Waals surface area contributed by atoms with Gasteiger partial charge in [-0.1, -0.05) is 6.92 Å². The van der Waals surface area contributed by atoms with E-state index in [4.69, 9.17) is 0 Å². The van der Waals surface area contributed by atoms with Gasteiger partial charge in [0.15, 0.2) is 15.7 Å². The molecular weight excluding hydrogens is 356 g/mol. The predicted molar refractivity (Wildman–Crippen MR) is 96.9 cm³/mol. The van der Waals surface area contributed by atoms with Gasteiger partial charge in [0.25, 0.3) is 11.8 Å². The number of rotatable bonds is 5. The Hall–Kier alpha value is -1.90. The zero-order chi connectivity index (χ0) is 18.9. The Kier molecular flexibility index (Phi) is 5.36. The summed E-state index contributed by atoms with van der Waals surface area (Å²) in [4.78, 5) is 29.6. The van der Waals surface area contributed by atoms with Crippen molar-refractivity contribution in [3.63, 3.8) is 0 Å². The minimum Gasteiger partial charge on any atom is -0.347 e. The van der Waals surface area contributed by atoms with Gasteiger partial charge in [0.1, 0.15) is 5.69 Å². The van der Waals surface area contributed by atoms with Crippen LogP contribution in [0.4, 0.5) is 0 Å². The maximum atomic E-state index is 12.7. The molecule has 2 atom stereocenters. The molecule has 0 aliphatic carbocycles. The fraction of sp³-hybridized carbons (Fsp3) is 0.706. The monoisotopic (exact) mass is 382 g/mol. The summed E-state index contributed by atoms with van der Waals surface area (Å²) in [6, 6.07) is -0.356. The number of nitrogens with one attached hydrogen (secondary N) is 2. The number of carbonyl (C=O) groups excluding carboxylic acids is 2. The molecular formula is C17H26N4O4S. The molecule has 1 fully saturated rings. The van der Waals surface area contributed by atoms with E-state index in [0.29, 0.717) is 19.4 Å². The number of aromatic nitrogens is 2. The van der Waals surface area contributed by atoms with Crippen LogP contribution >= 0.6 is 0 Å². The van der Waals surface area contributed by atoms with Gasteiger partial charge in [0, 0.05) is 18.6 Å². The number of nitrogens with zero attached hydrogens (tertiary/aromatic N) is 2. The maximum Gasteiger partial charge on any atom is 0.287 e. The predicted octanol–water partition coefficient (Wildman–Crippen LogP) is 0.665. The standard InChI is InChI=1S/C17H26N4O4S/c1-3-11(2)18-17(23)15-20-14(13-6-4-5-8-21(13)15)16(22)19-12-7-9-26(24,25)10-12/h11-12H,3-10H2,1-2H3,(H,18,23)(H,19,22). The summed E-state index contributed by atoms with van der Waals surface area (Å²) in [7, 11) is -3.07. The normalized spacial score (nSPS) is 22.5. The lowest BCUT2D eigenvalue weighted by Gasteiger charge is -2.18. The molecule has 144 valence electrons. The second-order valence-electron chi connectivity index (χ2n) is 7.20. The first kappa shape index (κ1) is 18.9. The Morgan fingerprint density at radius 3 is 2.73 bits per heavy atom. The second kappa shape index (κ2) is 7.38. The number of fused-ring (bicyclic) bond motifs is 1. The third kappa shape index (κ3) is 3.92. The molecule has 2 aliphatic heterocycles. The van der Waals surface area contributed by atoms with Crippen LogP contribution < -0.4 is 10.6 Å². The van der Waals surface area contributed by atoms with Crippen molar-refractivity contribution < 1.29 is 18.0 Å². The van der Waals surface area contributed by atoms with Gasteiger partial charge in [-0.3, -0.25) is 9.59 Å². The molecule has 0 bridgehead atoms. The summed E-state index contributed by atoms with van der Waals surface area (Å²) in [5.74, 6) is -0.327. The van der Waals surface area contributed by atoms with E-state index in [1.54, 1.807) is 0 Å². The molecule has 1 aromatic heterocycles. The van der Waals surface area contributed by atoms with Crippen LogP contribution in [0.5, 0.6) is 0 Å². The minimum absolute atomic E-state index is 0.0278. The molecule has 0 radical (unpaired) electrons.